The number of nitrogens with zero attached hydrogens (tertiary/aromatic N) is 2. The zero-order valence-corrected chi connectivity index (χ0v) is 6.86. The summed E-state index contributed by atoms with van der Waals surface area (Å²) >= 11 is 0. The number of aromatic nitrogens is 2. The minimum Gasteiger partial charge on any atom is -0.394 e. The molecule has 1 unspecified atom stereocenters. The number of anilines is 2. The summed E-state index contributed by atoms with van der Waals surface area (Å²) in [6.45, 7) is 1.89. The number of aliphatic hydroxyl groups excluding tert-OH is 1. The molecule has 66 valence electrons. The fourth-order valence-corrected chi connectivity index (χ4v) is 0.749. The molecule has 0 aliphatic heterocycles. The summed E-state index contributed by atoms with van der Waals surface area (Å²) < 4.78 is 0. The van der Waals surface area contributed by atoms with Crippen molar-refractivity contribution in [2.24, 2.45) is 0 Å². The Bertz CT molecular complexity index is 253. The first-order valence-corrected chi connectivity index (χ1v) is 3.67. The van der Waals surface area contributed by atoms with E-state index in [-0.39, 0.29) is 12.6 Å². The number of nitrogens with one attached hydrogen (secondary N) is 1. The Balaban J connectivity index is 2.63. The third kappa shape index (κ3) is 2.35. The minimum absolute atomic E-state index is 0.0406. The van der Waals surface area contributed by atoms with Crippen LogP contribution >= 0.6 is 0 Å². The summed E-state index contributed by atoms with van der Waals surface area (Å²) in [5, 5.41) is 11.7. The van der Waals surface area contributed by atoms with Crippen LogP contribution in [0.25, 0.3) is 0 Å². The van der Waals surface area contributed by atoms with Crippen molar-refractivity contribution in [2.45, 2.75) is 13.0 Å². The smallest absolute Gasteiger partial charge is 0.147 e. The monoisotopic (exact) mass is 168 g/mol. The van der Waals surface area contributed by atoms with Gasteiger partial charge in [-0.1, -0.05) is 0 Å². The lowest BCUT2D eigenvalue weighted by Gasteiger charge is -2.10. The fraction of sp³-hybridized carbons (Fsp3) is 0.429. The van der Waals surface area contributed by atoms with Gasteiger partial charge in [0.1, 0.15) is 11.6 Å². The third-order valence-electron chi connectivity index (χ3n) is 1.32. The topological polar surface area (TPSA) is 84.1 Å². The molecule has 1 aromatic heterocycles. The largest absolute Gasteiger partial charge is 0.394 e. The molecule has 0 saturated carbocycles. The van der Waals surface area contributed by atoms with Crippen LogP contribution in [0.5, 0.6) is 0 Å². The van der Waals surface area contributed by atoms with Gasteiger partial charge in [0.25, 0.3) is 0 Å². The van der Waals surface area contributed by atoms with Gasteiger partial charge in [0.05, 0.1) is 19.0 Å². The van der Waals surface area contributed by atoms with Crippen molar-refractivity contribution in [2.75, 3.05) is 17.7 Å². The SMILES string of the molecule is CC(CO)Nc1cncc(N)n1. The molecule has 0 spiro atoms. The van der Waals surface area contributed by atoms with Crippen LogP contribution in [0.15, 0.2) is 12.4 Å². The molecule has 0 bridgehead atoms. The van der Waals surface area contributed by atoms with E-state index in [0.29, 0.717) is 11.6 Å². The van der Waals surface area contributed by atoms with Gasteiger partial charge in [0, 0.05) is 6.04 Å². The highest BCUT2D eigenvalue weighted by molar-refractivity contribution is 5.38. The van der Waals surface area contributed by atoms with E-state index < -0.39 is 0 Å². The summed E-state index contributed by atoms with van der Waals surface area (Å²) in [5.74, 6) is 0.946. The van der Waals surface area contributed by atoms with Crippen LogP contribution in [0.4, 0.5) is 11.6 Å². The van der Waals surface area contributed by atoms with Crippen LogP contribution in [0.2, 0.25) is 0 Å². The molecule has 0 aliphatic rings. The second-order valence-electron chi connectivity index (χ2n) is 2.56. The van der Waals surface area contributed by atoms with Crippen LogP contribution in [0.3, 0.4) is 0 Å². The minimum atomic E-state index is -0.0406. The number of rotatable bonds is 3. The molecule has 0 radical (unpaired) electrons. The molecule has 0 fully saturated rings. The van der Waals surface area contributed by atoms with Crippen molar-refractivity contribution in [1.29, 1.82) is 0 Å². The lowest BCUT2D eigenvalue weighted by molar-refractivity contribution is 0.281. The van der Waals surface area contributed by atoms with Crippen LogP contribution in [-0.2, 0) is 0 Å². The highest BCUT2D eigenvalue weighted by Gasteiger charge is 2.00. The van der Waals surface area contributed by atoms with E-state index in [4.69, 9.17) is 10.8 Å². The predicted molar refractivity (Wildman–Crippen MR) is 46.6 cm³/mol. The van der Waals surface area contributed by atoms with E-state index in [1.54, 1.807) is 6.20 Å². The molecule has 1 rings (SSSR count). The number of hydrogen-bond acceptors (Lipinski definition) is 5. The summed E-state index contributed by atoms with van der Waals surface area (Å²) in [6.07, 6.45) is 3.03. The summed E-state index contributed by atoms with van der Waals surface area (Å²) in [4.78, 5) is 7.79. The number of nitrogen functional groups attached to an aromatic ring is 1. The highest BCUT2D eigenvalue weighted by atomic mass is 16.3. The van der Waals surface area contributed by atoms with Crippen molar-refractivity contribution >= 4 is 11.6 Å². The van der Waals surface area contributed by atoms with Gasteiger partial charge < -0.3 is 16.2 Å². The molecule has 5 nitrogen and oxygen atoms in total. The summed E-state index contributed by atoms with van der Waals surface area (Å²) in [5.41, 5.74) is 5.40. The molecule has 0 aliphatic carbocycles. The lowest BCUT2D eigenvalue weighted by atomic mass is 10.4. The van der Waals surface area contributed by atoms with E-state index in [1.165, 1.54) is 6.20 Å². The second kappa shape index (κ2) is 3.87. The van der Waals surface area contributed by atoms with Gasteiger partial charge in [-0.05, 0) is 6.92 Å². The van der Waals surface area contributed by atoms with E-state index in [2.05, 4.69) is 15.3 Å². The molecule has 0 amide bonds. The van der Waals surface area contributed by atoms with Crippen molar-refractivity contribution in [3.8, 4) is 0 Å². The molecule has 5 heteroatoms. The molecule has 4 N–H and O–H groups in total. The maximum atomic E-state index is 8.72. The maximum Gasteiger partial charge on any atom is 0.147 e. The zero-order chi connectivity index (χ0) is 8.97. The first-order chi connectivity index (χ1) is 5.72. The van der Waals surface area contributed by atoms with Gasteiger partial charge in [-0.2, -0.15) is 0 Å². The number of hydrogen-bond donors (Lipinski definition) is 3. The average molecular weight is 168 g/mol. The van der Waals surface area contributed by atoms with Gasteiger partial charge in [0.15, 0.2) is 0 Å². The molecular weight excluding hydrogens is 156 g/mol. The molecule has 0 saturated heterocycles. The normalized spacial score (nSPS) is 12.5. The Kier molecular flexibility index (Phi) is 2.82. The second-order valence-corrected chi connectivity index (χ2v) is 2.56. The van der Waals surface area contributed by atoms with E-state index in [9.17, 15) is 0 Å². The van der Waals surface area contributed by atoms with Crippen LogP contribution < -0.4 is 11.1 Å². The molecule has 1 heterocycles. The van der Waals surface area contributed by atoms with Gasteiger partial charge in [-0.25, -0.2) is 4.98 Å². The predicted octanol–water partition coefficient (Wildman–Crippen LogP) is -0.149. The van der Waals surface area contributed by atoms with Crippen LogP contribution in [0.1, 0.15) is 6.92 Å². The average Bonchev–Trinajstić information content (AvgIpc) is 2.04. The Morgan fingerprint density at radius 3 is 3.00 bits per heavy atom. The molecule has 1 aromatic rings. The molecular formula is C7H12N4O. The zero-order valence-electron chi connectivity index (χ0n) is 6.86. The highest BCUT2D eigenvalue weighted by Crippen LogP contribution is 2.03. The number of aliphatic hydroxyl groups is 1. The Morgan fingerprint density at radius 2 is 2.42 bits per heavy atom. The van der Waals surface area contributed by atoms with Gasteiger partial charge in [0.2, 0.25) is 0 Å². The summed E-state index contributed by atoms with van der Waals surface area (Å²) in [7, 11) is 0. The van der Waals surface area contributed by atoms with Crippen molar-refractivity contribution < 1.29 is 5.11 Å². The maximum absolute atomic E-state index is 8.72. The Morgan fingerprint density at radius 1 is 1.67 bits per heavy atom. The van der Waals surface area contributed by atoms with Crippen LogP contribution in [0, 0.1) is 0 Å². The molecule has 0 aromatic carbocycles. The quantitative estimate of drug-likeness (QED) is 0.584. The van der Waals surface area contributed by atoms with Crippen molar-refractivity contribution in [3.63, 3.8) is 0 Å². The van der Waals surface area contributed by atoms with E-state index in [0.717, 1.165) is 0 Å². The van der Waals surface area contributed by atoms with Gasteiger partial charge in [-0.15, -0.1) is 0 Å². The third-order valence-corrected chi connectivity index (χ3v) is 1.32. The lowest BCUT2D eigenvalue weighted by Crippen LogP contribution is -2.20. The van der Waals surface area contributed by atoms with E-state index >= 15 is 0 Å². The standard InChI is InChI=1S/C7H12N4O/c1-5(4-12)10-7-3-9-2-6(8)11-7/h2-3,5,12H,4H2,1H3,(H3,8,10,11). The molecule has 12 heavy (non-hydrogen) atoms. The Hall–Kier alpha value is -1.36. The van der Waals surface area contributed by atoms with Gasteiger partial charge in [-0.3, -0.25) is 4.98 Å². The summed E-state index contributed by atoms with van der Waals surface area (Å²) in [6, 6.07) is -0.0406. The van der Waals surface area contributed by atoms with E-state index in [1.807, 2.05) is 6.92 Å². The Labute approximate surface area is 70.6 Å². The molecule has 1 atom stereocenters. The van der Waals surface area contributed by atoms with Crippen LogP contribution in [-0.4, -0.2) is 27.7 Å². The van der Waals surface area contributed by atoms with Gasteiger partial charge >= 0.3 is 0 Å². The first kappa shape index (κ1) is 8.73. The van der Waals surface area contributed by atoms with Crippen molar-refractivity contribution in [3.05, 3.63) is 12.4 Å². The van der Waals surface area contributed by atoms with Crippen molar-refractivity contribution in [1.82, 2.24) is 9.97 Å². The number of nitrogens with two attached hydrogens (primary N) is 1. The fourth-order valence-electron chi connectivity index (χ4n) is 0.749. The first-order valence-electron chi connectivity index (χ1n) is 3.67.